The van der Waals surface area contributed by atoms with Crippen LogP contribution in [0, 0.1) is 0 Å². The molecule has 0 radical (unpaired) electrons. The highest BCUT2D eigenvalue weighted by Gasteiger charge is 2.30. The molecule has 0 bridgehead atoms. The Hall–Kier alpha value is -5.09. The van der Waals surface area contributed by atoms with Crippen molar-refractivity contribution in [3.8, 4) is 0 Å². The first-order chi connectivity index (χ1) is 59.2. The molecular formula is C103H176O16P2. The summed E-state index contributed by atoms with van der Waals surface area (Å²) in [7, 11) is -9.82. The number of rotatable bonds is 91. The zero-order chi connectivity index (χ0) is 87.9. The van der Waals surface area contributed by atoms with Crippen LogP contribution < -0.4 is 0 Å². The Morgan fingerprint density at radius 2 is 0.438 bits per heavy atom. The third kappa shape index (κ3) is 95.4. The molecule has 5 atom stereocenters. The van der Waals surface area contributed by atoms with Crippen molar-refractivity contribution in [1.29, 1.82) is 0 Å². The van der Waals surface area contributed by atoms with Gasteiger partial charge in [0, 0.05) is 19.3 Å². The average Bonchev–Trinajstić information content (AvgIpc) is 0.882. The molecule has 0 aliphatic carbocycles. The van der Waals surface area contributed by atoms with E-state index in [0.717, 1.165) is 161 Å². The lowest BCUT2D eigenvalue weighted by atomic mass is 10.0. The molecule has 0 amide bonds. The summed E-state index contributed by atoms with van der Waals surface area (Å²) in [6.45, 7) is 2.46. The second-order valence-corrected chi connectivity index (χ2v) is 35.0. The van der Waals surface area contributed by atoms with Crippen LogP contribution in [-0.2, 0) is 55.8 Å². The molecule has 0 fully saturated rings. The number of esters is 3. The van der Waals surface area contributed by atoms with Gasteiger partial charge >= 0.3 is 33.6 Å². The quantitative estimate of drug-likeness (QED) is 0.0146. The molecule has 0 saturated heterocycles. The molecule has 18 heteroatoms. The minimum Gasteiger partial charge on any atom is -0.463 e. The Balaban J connectivity index is 4.56. The first-order valence-corrected chi connectivity index (χ1v) is 51.4. The minimum absolute atomic E-state index is 0.0789. The van der Waals surface area contributed by atoms with Crippen LogP contribution >= 0.6 is 15.6 Å². The van der Waals surface area contributed by atoms with Crippen LogP contribution in [0.5, 0.6) is 0 Å². The summed E-state index contributed by atoms with van der Waals surface area (Å²) in [5.41, 5.74) is 0. The van der Waals surface area contributed by atoms with Gasteiger partial charge in [0.05, 0.1) is 26.4 Å². The van der Waals surface area contributed by atoms with Crippen LogP contribution in [0.4, 0.5) is 0 Å². The van der Waals surface area contributed by atoms with E-state index in [-0.39, 0.29) is 19.3 Å². The van der Waals surface area contributed by atoms with Gasteiger partial charge in [-0.3, -0.25) is 32.5 Å². The van der Waals surface area contributed by atoms with Crippen molar-refractivity contribution in [1.82, 2.24) is 0 Å². The van der Waals surface area contributed by atoms with E-state index in [9.17, 15) is 43.5 Å². The van der Waals surface area contributed by atoms with Crippen molar-refractivity contribution in [2.45, 2.75) is 424 Å². The molecule has 0 spiro atoms. The van der Waals surface area contributed by atoms with Crippen LogP contribution in [0.2, 0.25) is 0 Å². The molecule has 0 aromatic heterocycles. The van der Waals surface area contributed by atoms with Crippen molar-refractivity contribution in [2.75, 3.05) is 39.6 Å². The van der Waals surface area contributed by atoms with Gasteiger partial charge in [-0.1, -0.05) is 403 Å². The van der Waals surface area contributed by atoms with E-state index in [1.165, 1.54) is 186 Å². The first-order valence-electron chi connectivity index (χ1n) is 48.4. The molecule has 121 heavy (non-hydrogen) atoms. The normalized spacial score (nSPS) is 14.5. The fourth-order valence-electron chi connectivity index (χ4n) is 13.1. The number of phosphoric ester groups is 2. The van der Waals surface area contributed by atoms with E-state index in [1.807, 2.05) is 0 Å². The van der Waals surface area contributed by atoms with E-state index in [4.69, 9.17) is 32.3 Å². The van der Waals surface area contributed by atoms with Gasteiger partial charge in [-0.25, -0.2) is 9.13 Å². The molecule has 0 rings (SSSR count). The number of phosphoric acid groups is 2. The van der Waals surface area contributed by atoms with E-state index in [2.05, 4.69) is 191 Å². The molecule has 0 aromatic carbocycles. The number of aliphatic hydroxyl groups excluding tert-OH is 2. The number of carbonyl (C=O) groups excluding carboxylic acids is 3. The molecular weight excluding hydrogens is 1560 g/mol. The van der Waals surface area contributed by atoms with Gasteiger partial charge in [-0.15, -0.1) is 0 Å². The minimum atomic E-state index is -4.95. The number of hydrogen-bond acceptors (Lipinski definition) is 14. The van der Waals surface area contributed by atoms with Crippen molar-refractivity contribution >= 4 is 33.6 Å². The third-order valence-electron chi connectivity index (χ3n) is 20.4. The number of allylic oxidation sites excluding steroid dienone is 28. The lowest BCUT2D eigenvalue weighted by molar-refractivity contribution is -0.161. The van der Waals surface area contributed by atoms with Crippen molar-refractivity contribution in [3.63, 3.8) is 0 Å². The Labute approximate surface area is 739 Å². The topological polar surface area (TPSA) is 231 Å². The molecule has 0 aliphatic heterocycles. The van der Waals surface area contributed by atoms with Crippen molar-refractivity contribution in [2.24, 2.45) is 0 Å². The summed E-state index contributed by atoms with van der Waals surface area (Å²) in [4.78, 5) is 59.1. The zero-order valence-corrected chi connectivity index (χ0v) is 78.4. The first kappa shape index (κ1) is 116. The van der Waals surface area contributed by atoms with Crippen LogP contribution in [0.3, 0.4) is 0 Å². The van der Waals surface area contributed by atoms with Gasteiger partial charge < -0.3 is 34.2 Å². The Morgan fingerprint density at radius 3 is 0.694 bits per heavy atom. The van der Waals surface area contributed by atoms with E-state index in [0.29, 0.717) is 19.3 Å². The molecule has 0 heterocycles. The maximum atomic E-state index is 13.1. The molecule has 0 aromatic rings. The van der Waals surface area contributed by atoms with E-state index >= 15 is 0 Å². The third-order valence-corrected chi connectivity index (χ3v) is 22.3. The van der Waals surface area contributed by atoms with Crippen molar-refractivity contribution < 1.29 is 75.8 Å². The summed E-state index contributed by atoms with van der Waals surface area (Å²) >= 11 is 0. The van der Waals surface area contributed by atoms with Crippen LogP contribution in [0.1, 0.15) is 406 Å². The van der Waals surface area contributed by atoms with Crippen molar-refractivity contribution in [3.05, 3.63) is 170 Å². The molecule has 5 unspecified atom stereocenters. The highest BCUT2D eigenvalue weighted by atomic mass is 31.2. The zero-order valence-electron chi connectivity index (χ0n) is 76.6. The lowest BCUT2D eigenvalue weighted by Gasteiger charge is -2.21. The average molecular weight is 1730 g/mol. The summed E-state index contributed by atoms with van der Waals surface area (Å²) in [6.07, 6.45) is 123. The maximum Gasteiger partial charge on any atom is 0.472 e. The highest BCUT2D eigenvalue weighted by molar-refractivity contribution is 7.47. The SMILES string of the molecule is CC/C=C\C/C=C\C/C=C\C/C=C\C/C=C\CCCCCCCCCCCCCCCCCC(=O)OCC(COP(=O)(O)OCC(O)COP(=O)(O)OCC(O)COC(=O)CCCCCCCCCCCCCCCCCCC/C=C\C/C=C\C/C=C\C/C=C\CCCCC)OC(=O)CCCCCCC/C=C\C/C=C\C/C=C\C/C=C\C/C=C\CC. The predicted octanol–water partition coefficient (Wildman–Crippen LogP) is 30.2. The lowest BCUT2D eigenvalue weighted by Crippen LogP contribution is -2.30. The second kappa shape index (κ2) is 94.1. The molecule has 16 nitrogen and oxygen atoms in total. The summed E-state index contributed by atoms with van der Waals surface area (Å²) in [6, 6.07) is 0. The number of unbranched alkanes of at least 4 members (excludes halogenated alkanes) is 40. The standard InChI is InChI=1S/C103H176O16P2/c1-4-7-10-13-16-19-22-25-28-31-34-37-39-41-43-45-47-48-50-52-53-55-57-60-62-65-68-71-74-77-80-83-86-89-101(106)113-92-98(104)93-115-120(109,110)116-94-99(105)95-117-121(111,112)118-97-100(119-103(108)91-88-85-82-79-76-73-70-67-64-59-36-33-30-27-24-21-18-15-12-9-6-3)96-114-102(107)90-87-84-81-78-75-72-69-66-63-61-58-56-54-51-49-46-44-42-40-38-35-32-29-26-23-20-17-14-11-8-5-2/h8-9,11-12,16-21,25-30,34-38,41-44,59,67,70,98-100,104-105H,4-7,10,13-15,22-24,31-33,39-40,45-58,60-66,68-69,71-97H2,1-3H3,(H,109,110)(H,111,112)/b11-8-,12-9-,19-16-,20-17-,21-18-,28-25-,29-26-,30-27-,37-34-,38-35-,43-41-,44-42-,59-36-,70-67-. The monoisotopic (exact) mass is 1730 g/mol. The summed E-state index contributed by atoms with van der Waals surface area (Å²) in [5, 5.41) is 20.8. The van der Waals surface area contributed by atoms with Gasteiger partial charge in [0.1, 0.15) is 25.4 Å². The molecule has 4 N–H and O–H groups in total. The highest BCUT2D eigenvalue weighted by Crippen LogP contribution is 2.45. The maximum absolute atomic E-state index is 13.1. The molecule has 0 aliphatic rings. The molecule has 694 valence electrons. The Bertz CT molecular complexity index is 2880. The predicted molar refractivity (Wildman–Crippen MR) is 509 cm³/mol. The van der Waals surface area contributed by atoms with Gasteiger partial charge in [0.2, 0.25) is 0 Å². The Kier molecular flexibility index (Phi) is 90.1. The summed E-state index contributed by atoms with van der Waals surface area (Å²) in [5.74, 6) is -1.59. The second-order valence-electron chi connectivity index (χ2n) is 32.1. The van der Waals surface area contributed by atoms with Crippen LogP contribution in [0.25, 0.3) is 0 Å². The Morgan fingerprint density at radius 1 is 0.240 bits per heavy atom. The van der Waals surface area contributed by atoms with Gasteiger partial charge in [0.25, 0.3) is 0 Å². The molecule has 0 saturated carbocycles. The number of carbonyl (C=O) groups is 3. The van der Waals surface area contributed by atoms with Gasteiger partial charge in [-0.05, 0) is 154 Å². The number of aliphatic hydroxyl groups is 2. The van der Waals surface area contributed by atoms with E-state index in [1.54, 1.807) is 0 Å². The smallest absolute Gasteiger partial charge is 0.463 e. The van der Waals surface area contributed by atoms with Gasteiger partial charge in [0.15, 0.2) is 6.10 Å². The van der Waals surface area contributed by atoms with E-state index < -0.39 is 91.5 Å². The largest absolute Gasteiger partial charge is 0.472 e. The van der Waals surface area contributed by atoms with Crippen LogP contribution in [-0.4, -0.2) is 95.9 Å². The summed E-state index contributed by atoms with van der Waals surface area (Å²) < 4.78 is 61.5. The number of hydrogen-bond donors (Lipinski definition) is 4. The number of ether oxygens (including phenoxy) is 3. The fourth-order valence-corrected chi connectivity index (χ4v) is 14.7. The van der Waals surface area contributed by atoms with Crippen LogP contribution in [0.15, 0.2) is 170 Å². The fraction of sp³-hybridized carbons (Fsp3) is 0.699. The van der Waals surface area contributed by atoms with Gasteiger partial charge in [-0.2, -0.15) is 0 Å².